The molecule has 1 unspecified atom stereocenters. The van der Waals surface area contributed by atoms with Crippen molar-refractivity contribution in [1.82, 2.24) is 0 Å². The number of hydrogen-bond donors (Lipinski definition) is 1. The van der Waals surface area contributed by atoms with Crippen molar-refractivity contribution in [3.05, 3.63) is 24.3 Å². The Bertz CT molecular complexity index is 322. The highest BCUT2D eigenvalue weighted by atomic mass is 15.2. The van der Waals surface area contributed by atoms with E-state index in [4.69, 9.17) is 0 Å². The number of nitrogens with zero attached hydrogens (tertiary/aromatic N) is 1. The first-order valence-electron chi connectivity index (χ1n) is 5.96. The van der Waals surface area contributed by atoms with Gasteiger partial charge in [0.2, 0.25) is 0 Å². The zero-order chi connectivity index (χ0) is 10.7. The predicted molar refractivity (Wildman–Crippen MR) is 66.6 cm³/mol. The van der Waals surface area contributed by atoms with E-state index in [2.05, 4.69) is 48.3 Å². The highest BCUT2D eigenvalue weighted by Crippen LogP contribution is 2.31. The minimum Gasteiger partial charge on any atom is -0.381 e. The van der Waals surface area contributed by atoms with E-state index in [0.29, 0.717) is 6.04 Å². The first-order valence-corrected chi connectivity index (χ1v) is 5.96. The van der Waals surface area contributed by atoms with Crippen LogP contribution in [0, 0.1) is 0 Å². The average Bonchev–Trinajstić information content (AvgIpc) is 2.30. The van der Waals surface area contributed by atoms with E-state index < -0.39 is 0 Å². The molecule has 1 aromatic rings. The van der Waals surface area contributed by atoms with Crippen LogP contribution < -0.4 is 10.2 Å². The average molecular weight is 204 g/mol. The predicted octanol–water partition coefficient (Wildman–Crippen LogP) is 3.11. The van der Waals surface area contributed by atoms with Crippen LogP contribution in [-0.2, 0) is 0 Å². The molecule has 1 aliphatic rings. The zero-order valence-corrected chi connectivity index (χ0v) is 9.66. The second-order valence-electron chi connectivity index (χ2n) is 4.15. The van der Waals surface area contributed by atoms with Gasteiger partial charge >= 0.3 is 0 Å². The Balaban J connectivity index is 2.29. The lowest BCUT2D eigenvalue weighted by Gasteiger charge is -2.39. The summed E-state index contributed by atoms with van der Waals surface area (Å²) in [6.45, 7) is 6.75. The normalized spacial score (nSPS) is 19.6. The summed E-state index contributed by atoms with van der Waals surface area (Å²) in [6.07, 6.45) is 2.42. The molecular formula is C13H20N2. The molecule has 2 nitrogen and oxygen atoms in total. The van der Waals surface area contributed by atoms with E-state index in [-0.39, 0.29) is 0 Å². The first kappa shape index (κ1) is 10.3. The summed E-state index contributed by atoms with van der Waals surface area (Å²) in [5.41, 5.74) is 2.66. The topological polar surface area (TPSA) is 15.3 Å². The maximum absolute atomic E-state index is 3.51. The van der Waals surface area contributed by atoms with E-state index in [9.17, 15) is 0 Å². The van der Waals surface area contributed by atoms with Crippen LogP contribution in [0.3, 0.4) is 0 Å². The van der Waals surface area contributed by atoms with Crippen LogP contribution in [0.15, 0.2) is 24.3 Å². The lowest BCUT2D eigenvalue weighted by Crippen LogP contribution is -2.44. The Morgan fingerprint density at radius 3 is 2.87 bits per heavy atom. The van der Waals surface area contributed by atoms with Crippen LogP contribution in [0.25, 0.3) is 0 Å². The Morgan fingerprint density at radius 1 is 1.33 bits per heavy atom. The largest absolute Gasteiger partial charge is 0.381 e. The molecule has 1 atom stereocenters. The Labute approximate surface area is 92.3 Å². The molecule has 0 spiro atoms. The van der Waals surface area contributed by atoms with Gasteiger partial charge in [0.1, 0.15) is 0 Å². The summed E-state index contributed by atoms with van der Waals surface area (Å²) < 4.78 is 0. The smallest absolute Gasteiger partial charge is 0.0605 e. The maximum atomic E-state index is 3.51. The van der Waals surface area contributed by atoms with E-state index in [1.54, 1.807) is 0 Å². The fraction of sp³-hybridized carbons (Fsp3) is 0.538. The molecule has 0 fully saturated rings. The molecule has 0 bridgehead atoms. The summed E-state index contributed by atoms with van der Waals surface area (Å²) >= 11 is 0. The van der Waals surface area contributed by atoms with Gasteiger partial charge in [-0.2, -0.15) is 0 Å². The van der Waals surface area contributed by atoms with Gasteiger partial charge in [-0.15, -0.1) is 0 Å². The van der Waals surface area contributed by atoms with Crippen molar-refractivity contribution in [3.63, 3.8) is 0 Å². The molecule has 1 aromatic carbocycles. The highest BCUT2D eigenvalue weighted by molar-refractivity contribution is 5.72. The van der Waals surface area contributed by atoms with E-state index >= 15 is 0 Å². The third kappa shape index (κ3) is 1.94. The summed E-state index contributed by atoms with van der Waals surface area (Å²) in [4.78, 5) is 2.55. The van der Waals surface area contributed by atoms with Crippen LogP contribution in [0.2, 0.25) is 0 Å². The van der Waals surface area contributed by atoms with E-state index in [0.717, 1.165) is 13.1 Å². The second-order valence-corrected chi connectivity index (χ2v) is 4.15. The number of rotatable bonds is 3. The van der Waals surface area contributed by atoms with Crippen molar-refractivity contribution in [1.29, 1.82) is 0 Å². The van der Waals surface area contributed by atoms with Crippen molar-refractivity contribution in [3.8, 4) is 0 Å². The molecule has 0 aliphatic carbocycles. The summed E-state index contributed by atoms with van der Waals surface area (Å²) in [5, 5.41) is 3.51. The van der Waals surface area contributed by atoms with Crippen LogP contribution in [0.4, 0.5) is 11.4 Å². The standard InChI is InChI=1S/C13H20N2/c1-3-9-15-11(4-2)10-14-12-7-5-6-8-13(12)15/h5-8,11,14H,3-4,9-10H2,1-2H3. The van der Waals surface area contributed by atoms with Gasteiger partial charge in [-0.3, -0.25) is 0 Å². The lowest BCUT2D eigenvalue weighted by molar-refractivity contribution is 0.577. The van der Waals surface area contributed by atoms with Gasteiger partial charge in [-0.05, 0) is 25.0 Å². The SMILES string of the molecule is CCCN1c2ccccc2NCC1CC. The Kier molecular flexibility index (Phi) is 3.14. The molecule has 1 heterocycles. The van der Waals surface area contributed by atoms with Crippen molar-refractivity contribution < 1.29 is 0 Å². The molecule has 15 heavy (non-hydrogen) atoms. The lowest BCUT2D eigenvalue weighted by atomic mass is 10.1. The number of anilines is 2. The third-order valence-electron chi connectivity index (χ3n) is 3.12. The molecule has 0 radical (unpaired) electrons. The quantitative estimate of drug-likeness (QED) is 0.814. The minimum atomic E-state index is 0.653. The van der Waals surface area contributed by atoms with Gasteiger partial charge in [0.15, 0.2) is 0 Å². The van der Waals surface area contributed by atoms with Crippen LogP contribution in [0.5, 0.6) is 0 Å². The monoisotopic (exact) mass is 204 g/mol. The van der Waals surface area contributed by atoms with Crippen molar-refractivity contribution in [2.75, 3.05) is 23.3 Å². The molecule has 0 saturated heterocycles. The molecular weight excluding hydrogens is 184 g/mol. The number of hydrogen-bond acceptors (Lipinski definition) is 2. The molecule has 0 saturated carbocycles. The second kappa shape index (κ2) is 4.56. The van der Waals surface area contributed by atoms with Gasteiger partial charge in [-0.25, -0.2) is 0 Å². The van der Waals surface area contributed by atoms with Gasteiger partial charge in [0.05, 0.1) is 11.4 Å². The van der Waals surface area contributed by atoms with Gasteiger partial charge in [0, 0.05) is 19.1 Å². The van der Waals surface area contributed by atoms with Crippen molar-refractivity contribution in [2.24, 2.45) is 0 Å². The summed E-state index contributed by atoms with van der Waals surface area (Å²) in [7, 11) is 0. The fourth-order valence-corrected chi connectivity index (χ4v) is 2.32. The van der Waals surface area contributed by atoms with Gasteiger partial charge in [-0.1, -0.05) is 26.0 Å². The molecule has 1 aliphatic heterocycles. The van der Waals surface area contributed by atoms with Gasteiger partial charge in [0.25, 0.3) is 0 Å². The first-order chi connectivity index (χ1) is 7.36. The summed E-state index contributed by atoms with van der Waals surface area (Å²) in [6, 6.07) is 9.27. The third-order valence-corrected chi connectivity index (χ3v) is 3.12. The zero-order valence-electron chi connectivity index (χ0n) is 9.66. The molecule has 82 valence electrons. The number of benzene rings is 1. The molecule has 2 rings (SSSR count). The molecule has 1 N–H and O–H groups in total. The van der Waals surface area contributed by atoms with Crippen molar-refractivity contribution >= 4 is 11.4 Å². The number of fused-ring (bicyclic) bond motifs is 1. The van der Waals surface area contributed by atoms with E-state index in [1.807, 2.05) is 0 Å². The van der Waals surface area contributed by atoms with Crippen LogP contribution in [0.1, 0.15) is 26.7 Å². The Hall–Kier alpha value is -1.18. The van der Waals surface area contributed by atoms with Crippen LogP contribution >= 0.6 is 0 Å². The highest BCUT2D eigenvalue weighted by Gasteiger charge is 2.23. The van der Waals surface area contributed by atoms with Crippen molar-refractivity contribution in [2.45, 2.75) is 32.7 Å². The number of para-hydroxylation sites is 2. The molecule has 2 heteroatoms. The van der Waals surface area contributed by atoms with E-state index in [1.165, 1.54) is 24.2 Å². The fourth-order valence-electron chi connectivity index (χ4n) is 2.32. The molecule has 0 amide bonds. The Morgan fingerprint density at radius 2 is 2.13 bits per heavy atom. The summed E-state index contributed by atoms with van der Waals surface area (Å²) in [5.74, 6) is 0. The number of nitrogens with one attached hydrogen (secondary N) is 1. The maximum Gasteiger partial charge on any atom is 0.0605 e. The minimum absolute atomic E-state index is 0.653. The molecule has 0 aromatic heterocycles. The van der Waals surface area contributed by atoms with Crippen LogP contribution in [-0.4, -0.2) is 19.1 Å². The van der Waals surface area contributed by atoms with Gasteiger partial charge < -0.3 is 10.2 Å².